The van der Waals surface area contributed by atoms with Crippen molar-refractivity contribution in [2.24, 2.45) is 10.7 Å². The molecule has 0 spiro atoms. The van der Waals surface area contributed by atoms with Crippen molar-refractivity contribution in [3.05, 3.63) is 108 Å². The molecule has 0 bridgehead atoms. The van der Waals surface area contributed by atoms with Gasteiger partial charge in [-0.05, 0) is 53.4 Å². The highest BCUT2D eigenvalue weighted by Gasteiger charge is 2.37. The second kappa shape index (κ2) is 10.5. The van der Waals surface area contributed by atoms with Gasteiger partial charge < -0.3 is 20.4 Å². The van der Waals surface area contributed by atoms with Crippen LogP contribution in [0.1, 0.15) is 22.3 Å². The van der Waals surface area contributed by atoms with E-state index in [1.807, 2.05) is 77.9 Å². The maximum Gasteiger partial charge on any atom is 0.232 e. The van der Waals surface area contributed by atoms with E-state index in [-0.39, 0.29) is 0 Å². The lowest BCUT2D eigenvalue weighted by atomic mass is 10.0. The Bertz CT molecular complexity index is 2000. The van der Waals surface area contributed by atoms with Crippen molar-refractivity contribution < 1.29 is 13.2 Å². The number of para-hydroxylation sites is 1. The summed E-state index contributed by atoms with van der Waals surface area (Å²) in [4.78, 5) is 12.3. The first-order valence-corrected chi connectivity index (χ1v) is 15.9. The Balaban J connectivity index is 1.23. The number of nitrogens with zero attached hydrogens (tertiary/aromatic N) is 5. The Hall–Kier alpha value is -5.14. The number of methoxy groups -OCH3 is 1. The van der Waals surface area contributed by atoms with Gasteiger partial charge in [-0.2, -0.15) is 5.10 Å². The number of nitrogens with one attached hydrogen (secondary N) is 3. The minimum absolute atomic E-state index is 0.392. The van der Waals surface area contributed by atoms with E-state index in [1.54, 1.807) is 19.5 Å². The van der Waals surface area contributed by atoms with Gasteiger partial charge in [-0.3, -0.25) is 19.7 Å². The number of aromatic nitrogens is 4. The molecule has 1 unspecified atom stereocenters. The van der Waals surface area contributed by atoms with Gasteiger partial charge in [-0.1, -0.05) is 24.3 Å². The van der Waals surface area contributed by atoms with Crippen LogP contribution in [0, 0.1) is 0 Å². The van der Waals surface area contributed by atoms with Crippen LogP contribution in [-0.2, 0) is 28.8 Å². The van der Waals surface area contributed by atoms with Crippen LogP contribution >= 0.6 is 0 Å². The third-order valence-corrected chi connectivity index (χ3v) is 9.02. The Morgan fingerprint density at radius 3 is 2.80 bits per heavy atom. The average Bonchev–Trinajstić information content (AvgIpc) is 3.77. The first-order valence-electron chi connectivity index (χ1n) is 14.0. The molecule has 5 N–H and O–H groups in total. The van der Waals surface area contributed by atoms with E-state index >= 15 is 0 Å². The van der Waals surface area contributed by atoms with Gasteiger partial charge in [0, 0.05) is 36.9 Å². The molecule has 0 fully saturated rings. The van der Waals surface area contributed by atoms with Crippen LogP contribution in [0.25, 0.3) is 11.1 Å². The van der Waals surface area contributed by atoms with E-state index in [0.29, 0.717) is 53.9 Å². The smallest absolute Gasteiger partial charge is 0.232 e. The zero-order valence-corrected chi connectivity index (χ0v) is 25.0. The molecule has 1 atom stereocenters. The highest BCUT2D eigenvalue weighted by Crippen LogP contribution is 2.40. The van der Waals surface area contributed by atoms with Crippen molar-refractivity contribution in [2.45, 2.75) is 18.8 Å². The second-order valence-corrected chi connectivity index (χ2v) is 12.8. The van der Waals surface area contributed by atoms with Crippen LogP contribution in [-0.4, -0.2) is 53.9 Å². The lowest BCUT2D eigenvalue weighted by Crippen LogP contribution is -2.47. The van der Waals surface area contributed by atoms with Crippen LogP contribution < -0.4 is 25.4 Å². The second-order valence-electron chi connectivity index (χ2n) is 10.8. The molecule has 0 radical (unpaired) electrons. The van der Waals surface area contributed by atoms with Crippen LogP contribution in [0.4, 0.5) is 17.2 Å². The summed E-state index contributed by atoms with van der Waals surface area (Å²) in [5, 5.41) is 11.2. The molecule has 44 heavy (non-hydrogen) atoms. The van der Waals surface area contributed by atoms with Crippen molar-refractivity contribution in [1.29, 1.82) is 0 Å². The SMILES string of the molecule is COc1cc(-c2cnn(Cc3cccnc3)c2)ccc1C1(N)N=C(Nc2cccc3c2N(S(C)(=O)=O)CC3)c2cc[nH]c2N1. The summed E-state index contributed by atoms with van der Waals surface area (Å²) in [5.74, 6) is 0.280. The standard InChI is InChI=1S/C31H31N9O3S/c1-43-27-15-22(23-17-35-39(19-23)18-20-5-4-12-33-16-20)8-9-25(27)31(32)37-29-24(10-13-34-29)30(38-31)36-26-7-3-6-21-11-14-40(28(21)26)44(2,41)42/h3-10,12-13,15-17,19,34,37H,11,14,18,32H2,1-2H3,(H,36,38). The number of pyridine rings is 1. The zero-order chi connectivity index (χ0) is 30.5. The number of aliphatic imine (C=N–C) groups is 1. The number of aromatic amines is 1. The number of hydrogen-bond donors (Lipinski definition) is 4. The molecular formula is C31H31N9O3S. The van der Waals surface area contributed by atoms with Gasteiger partial charge in [0.1, 0.15) is 17.4 Å². The maximum atomic E-state index is 12.6. The van der Waals surface area contributed by atoms with Gasteiger partial charge in [0.2, 0.25) is 15.8 Å². The van der Waals surface area contributed by atoms with Crippen molar-refractivity contribution in [2.75, 3.05) is 34.8 Å². The first-order chi connectivity index (χ1) is 21.2. The zero-order valence-electron chi connectivity index (χ0n) is 24.2. The number of fused-ring (bicyclic) bond motifs is 2. The van der Waals surface area contributed by atoms with Gasteiger partial charge in [0.15, 0.2) is 0 Å². The summed E-state index contributed by atoms with van der Waals surface area (Å²) in [7, 11) is -1.87. The molecule has 13 heteroatoms. The molecule has 0 amide bonds. The lowest BCUT2D eigenvalue weighted by molar-refractivity contribution is 0.393. The largest absolute Gasteiger partial charge is 0.496 e. The summed E-state index contributed by atoms with van der Waals surface area (Å²) in [6, 6.07) is 17.3. The van der Waals surface area contributed by atoms with Crippen molar-refractivity contribution in [3.63, 3.8) is 0 Å². The summed E-state index contributed by atoms with van der Waals surface area (Å²) in [6.45, 7) is 0.997. The van der Waals surface area contributed by atoms with E-state index in [1.165, 1.54) is 10.6 Å². The minimum atomic E-state index is -3.46. The van der Waals surface area contributed by atoms with E-state index in [9.17, 15) is 8.42 Å². The van der Waals surface area contributed by atoms with E-state index in [4.69, 9.17) is 15.5 Å². The molecule has 2 aromatic carbocycles. The Morgan fingerprint density at radius 2 is 2.00 bits per heavy atom. The number of hydrogen-bond acceptors (Lipinski definition) is 9. The Morgan fingerprint density at radius 1 is 1.11 bits per heavy atom. The quantitative estimate of drug-likeness (QED) is 0.218. The summed E-state index contributed by atoms with van der Waals surface area (Å²) >= 11 is 0. The number of H-pyrrole nitrogens is 1. The molecule has 5 heterocycles. The van der Waals surface area contributed by atoms with Gasteiger partial charge >= 0.3 is 0 Å². The molecule has 3 aromatic heterocycles. The summed E-state index contributed by atoms with van der Waals surface area (Å²) in [5.41, 5.74) is 13.5. The summed E-state index contributed by atoms with van der Waals surface area (Å²) in [6.07, 6.45) is 11.0. The molecule has 0 aliphatic carbocycles. The highest BCUT2D eigenvalue weighted by atomic mass is 32.2. The normalized spacial score (nSPS) is 17.4. The number of amidine groups is 1. The Labute approximate surface area is 254 Å². The monoisotopic (exact) mass is 609 g/mol. The predicted molar refractivity (Wildman–Crippen MR) is 170 cm³/mol. The fourth-order valence-electron chi connectivity index (χ4n) is 5.79. The average molecular weight is 610 g/mol. The van der Waals surface area contributed by atoms with Crippen LogP contribution in [0.3, 0.4) is 0 Å². The van der Waals surface area contributed by atoms with Gasteiger partial charge in [-0.25, -0.2) is 13.4 Å². The predicted octanol–water partition coefficient (Wildman–Crippen LogP) is 3.71. The van der Waals surface area contributed by atoms with Crippen LogP contribution in [0.5, 0.6) is 5.75 Å². The fraction of sp³-hybridized carbons (Fsp3) is 0.194. The van der Waals surface area contributed by atoms with E-state index in [2.05, 4.69) is 25.7 Å². The summed E-state index contributed by atoms with van der Waals surface area (Å²) < 4.78 is 34.3. The third kappa shape index (κ3) is 4.95. The topological polar surface area (TPSA) is 156 Å². The molecule has 2 aliphatic rings. The third-order valence-electron chi connectivity index (χ3n) is 7.86. The van der Waals surface area contributed by atoms with Crippen LogP contribution in [0.2, 0.25) is 0 Å². The molecular weight excluding hydrogens is 578 g/mol. The molecule has 0 saturated heterocycles. The van der Waals surface area contributed by atoms with Crippen molar-refractivity contribution in [1.82, 2.24) is 19.7 Å². The number of anilines is 3. The number of sulfonamides is 1. The first kappa shape index (κ1) is 27.7. The lowest BCUT2D eigenvalue weighted by Gasteiger charge is -2.34. The van der Waals surface area contributed by atoms with Crippen molar-refractivity contribution in [3.8, 4) is 16.9 Å². The number of rotatable bonds is 7. The van der Waals surface area contributed by atoms with Crippen LogP contribution in [0.15, 0.2) is 90.6 Å². The van der Waals surface area contributed by atoms with Crippen molar-refractivity contribution >= 4 is 33.1 Å². The van der Waals surface area contributed by atoms with Gasteiger partial charge in [0.25, 0.3) is 0 Å². The fourth-order valence-corrected chi connectivity index (χ4v) is 6.76. The highest BCUT2D eigenvalue weighted by molar-refractivity contribution is 7.92. The molecule has 5 aromatic rings. The molecule has 2 aliphatic heterocycles. The number of benzene rings is 2. The van der Waals surface area contributed by atoms with E-state index in [0.717, 1.165) is 27.8 Å². The molecule has 7 rings (SSSR count). The molecule has 224 valence electrons. The molecule has 0 saturated carbocycles. The van der Waals surface area contributed by atoms with E-state index < -0.39 is 15.8 Å². The molecule has 12 nitrogen and oxygen atoms in total. The minimum Gasteiger partial charge on any atom is -0.496 e. The number of nitrogens with two attached hydrogens (primary N) is 1. The number of ether oxygens (including phenoxy) is 1. The Kier molecular flexibility index (Phi) is 6.63. The maximum absolute atomic E-state index is 12.6. The van der Waals surface area contributed by atoms with Gasteiger partial charge in [-0.15, -0.1) is 0 Å². The van der Waals surface area contributed by atoms with Gasteiger partial charge in [0.05, 0.1) is 48.6 Å².